The third-order valence-electron chi connectivity index (χ3n) is 3.76. The van der Waals surface area contributed by atoms with Crippen molar-refractivity contribution in [3.8, 4) is 0 Å². The molecule has 0 atom stereocenters. The van der Waals surface area contributed by atoms with Gasteiger partial charge in [0, 0.05) is 32.4 Å². The fraction of sp³-hybridized carbons (Fsp3) is 0.267. The number of anilines is 1. The van der Waals surface area contributed by atoms with Crippen molar-refractivity contribution in [1.82, 2.24) is 14.7 Å². The van der Waals surface area contributed by atoms with E-state index in [1.165, 1.54) is 11.0 Å². The Kier molecular flexibility index (Phi) is 2.42. The summed E-state index contributed by atoms with van der Waals surface area (Å²) in [6.45, 7) is 4.10. The van der Waals surface area contributed by atoms with Gasteiger partial charge in [0.2, 0.25) is 0 Å². The maximum atomic E-state index is 4.88. The minimum Gasteiger partial charge on any atom is -0.352 e. The summed E-state index contributed by atoms with van der Waals surface area (Å²) in [5.41, 5.74) is 3.42. The molecule has 0 spiro atoms. The number of rotatable bonds is 1. The van der Waals surface area contributed by atoms with Crippen LogP contribution in [0.2, 0.25) is 0 Å². The maximum Gasteiger partial charge on any atom is 0.153 e. The molecule has 3 heterocycles. The van der Waals surface area contributed by atoms with Crippen LogP contribution in [0.4, 0.5) is 5.82 Å². The van der Waals surface area contributed by atoms with Crippen molar-refractivity contribution in [2.45, 2.75) is 0 Å². The standard InChI is InChI=1S/C15H16N4/c1-2-5-13-12(4-1)17-15(14-6-3-9-19(13)14)18-10-7-16-8-11-18/h1-6,9,16H,7-8,10-11H2. The van der Waals surface area contributed by atoms with Gasteiger partial charge in [-0.2, -0.15) is 0 Å². The molecule has 19 heavy (non-hydrogen) atoms. The lowest BCUT2D eigenvalue weighted by molar-refractivity contribution is 0.586. The Morgan fingerprint density at radius 2 is 1.74 bits per heavy atom. The molecule has 2 aromatic heterocycles. The lowest BCUT2D eigenvalue weighted by Crippen LogP contribution is -2.44. The fourth-order valence-corrected chi connectivity index (χ4v) is 2.82. The molecule has 4 rings (SSSR count). The van der Waals surface area contributed by atoms with Crippen LogP contribution in [0.15, 0.2) is 42.6 Å². The second kappa shape index (κ2) is 4.24. The first-order valence-corrected chi connectivity index (χ1v) is 6.75. The van der Waals surface area contributed by atoms with E-state index in [-0.39, 0.29) is 0 Å². The van der Waals surface area contributed by atoms with Crippen molar-refractivity contribution < 1.29 is 0 Å². The first kappa shape index (κ1) is 10.8. The molecule has 1 aliphatic rings. The van der Waals surface area contributed by atoms with Crippen LogP contribution in [0, 0.1) is 0 Å². The van der Waals surface area contributed by atoms with Crippen LogP contribution in [0.3, 0.4) is 0 Å². The van der Waals surface area contributed by atoms with Crippen LogP contribution in [0.25, 0.3) is 16.6 Å². The zero-order valence-electron chi connectivity index (χ0n) is 10.7. The van der Waals surface area contributed by atoms with Crippen LogP contribution in [-0.2, 0) is 0 Å². The third-order valence-corrected chi connectivity index (χ3v) is 3.76. The van der Waals surface area contributed by atoms with E-state index in [9.17, 15) is 0 Å². The monoisotopic (exact) mass is 252 g/mol. The van der Waals surface area contributed by atoms with Crippen molar-refractivity contribution in [2.75, 3.05) is 31.1 Å². The molecule has 3 aromatic rings. The molecule has 0 radical (unpaired) electrons. The summed E-state index contributed by atoms with van der Waals surface area (Å²) < 4.78 is 2.24. The van der Waals surface area contributed by atoms with E-state index >= 15 is 0 Å². The number of benzene rings is 1. The van der Waals surface area contributed by atoms with E-state index in [1.807, 2.05) is 6.07 Å². The molecule has 0 bridgehead atoms. The van der Waals surface area contributed by atoms with Crippen molar-refractivity contribution in [3.63, 3.8) is 0 Å². The van der Waals surface area contributed by atoms with Crippen molar-refractivity contribution in [1.29, 1.82) is 0 Å². The predicted molar refractivity (Wildman–Crippen MR) is 77.8 cm³/mol. The van der Waals surface area contributed by atoms with Gasteiger partial charge in [-0.25, -0.2) is 4.98 Å². The Hall–Kier alpha value is -2.07. The largest absolute Gasteiger partial charge is 0.352 e. The number of nitrogens with one attached hydrogen (secondary N) is 1. The molecule has 4 heteroatoms. The zero-order chi connectivity index (χ0) is 12.7. The highest BCUT2D eigenvalue weighted by Crippen LogP contribution is 2.25. The molecule has 0 unspecified atom stereocenters. The molecule has 0 saturated carbocycles. The van der Waals surface area contributed by atoms with Gasteiger partial charge in [0.1, 0.15) is 0 Å². The molecular weight excluding hydrogens is 236 g/mol. The Bertz CT molecular complexity index is 725. The van der Waals surface area contributed by atoms with E-state index in [0.717, 1.165) is 37.5 Å². The average Bonchev–Trinajstić information content (AvgIpc) is 2.97. The number of para-hydroxylation sites is 2. The number of hydrogen-bond donors (Lipinski definition) is 1. The number of fused-ring (bicyclic) bond motifs is 3. The summed E-state index contributed by atoms with van der Waals surface area (Å²) in [6.07, 6.45) is 2.12. The molecule has 96 valence electrons. The van der Waals surface area contributed by atoms with E-state index in [4.69, 9.17) is 4.98 Å². The maximum absolute atomic E-state index is 4.88. The quantitative estimate of drug-likeness (QED) is 0.718. The lowest BCUT2D eigenvalue weighted by atomic mass is 10.2. The number of aromatic nitrogens is 2. The highest BCUT2D eigenvalue weighted by Gasteiger charge is 2.16. The Morgan fingerprint density at radius 3 is 2.63 bits per heavy atom. The summed E-state index contributed by atoms with van der Waals surface area (Å²) in [4.78, 5) is 7.25. The Labute approximate surface area is 111 Å². The van der Waals surface area contributed by atoms with Crippen molar-refractivity contribution in [3.05, 3.63) is 42.6 Å². The van der Waals surface area contributed by atoms with Crippen LogP contribution in [-0.4, -0.2) is 35.6 Å². The van der Waals surface area contributed by atoms with Crippen LogP contribution in [0.1, 0.15) is 0 Å². The van der Waals surface area contributed by atoms with E-state index in [0.29, 0.717) is 0 Å². The van der Waals surface area contributed by atoms with E-state index in [2.05, 4.69) is 51.1 Å². The normalized spacial score (nSPS) is 16.3. The SMILES string of the molecule is c1ccc2c(c1)nc(N1CCNCC1)c1cccn12. The zero-order valence-corrected chi connectivity index (χ0v) is 10.7. The van der Waals surface area contributed by atoms with Crippen LogP contribution >= 0.6 is 0 Å². The molecule has 1 fully saturated rings. The van der Waals surface area contributed by atoms with Crippen LogP contribution < -0.4 is 10.2 Å². The molecule has 1 saturated heterocycles. The molecule has 0 aliphatic carbocycles. The second-order valence-electron chi connectivity index (χ2n) is 4.92. The van der Waals surface area contributed by atoms with Gasteiger partial charge in [0.05, 0.1) is 16.6 Å². The third kappa shape index (κ3) is 1.68. The van der Waals surface area contributed by atoms with Crippen LogP contribution in [0.5, 0.6) is 0 Å². The summed E-state index contributed by atoms with van der Waals surface area (Å²) in [5.74, 6) is 1.10. The van der Waals surface area contributed by atoms with Gasteiger partial charge in [-0.15, -0.1) is 0 Å². The van der Waals surface area contributed by atoms with Gasteiger partial charge in [-0.1, -0.05) is 12.1 Å². The van der Waals surface area contributed by atoms with Gasteiger partial charge in [0.15, 0.2) is 5.82 Å². The summed E-state index contributed by atoms with van der Waals surface area (Å²) >= 11 is 0. The summed E-state index contributed by atoms with van der Waals surface area (Å²) in [6, 6.07) is 12.6. The summed E-state index contributed by atoms with van der Waals surface area (Å²) in [7, 11) is 0. The second-order valence-corrected chi connectivity index (χ2v) is 4.92. The first-order chi connectivity index (χ1) is 9.43. The summed E-state index contributed by atoms with van der Waals surface area (Å²) in [5, 5.41) is 3.39. The first-order valence-electron chi connectivity index (χ1n) is 6.75. The molecule has 1 aliphatic heterocycles. The number of nitrogens with zero attached hydrogens (tertiary/aromatic N) is 3. The van der Waals surface area contributed by atoms with Gasteiger partial charge >= 0.3 is 0 Å². The smallest absolute Gasteiger partial charge is 0.153 e. The van der Waals surface area contributed by atoms with Gasteiger partial charge in [0.25, 0.3) is 0 Å². The van der Waals surface area contributed by atoms with E-state index < -0.39 is 0 Å². The van der Waals surface area contributed by atoms with Gasteiger partial charge in [-0.3, -0.25) is 0 Å². The minimum absolute atomic E-state index is 1.02. The highest BCUT2D eigenvalue weighted by molar-refractivity contribution is 5.85. The Morgan fingerprint density at radius 1 is 0.947 bits per heavy atom. The molecule has 0 amide bonds. The molecule has 4 nitrogen and oxygen atoms in total. The van der Waals surface area contributed by atoms with E-state index in [1.54, 1.807) is 0 Å². The molecular formula is C15H16N4. The Balaban J connectivity index is 1.99. The van der Waals surface area contributed by atoms with Gasteiger partial charge < -0.3 is 14.6 Å². The fourth-order valence-electron chi connectivity index (χ4n) is 2.82. The highest BCUT2D eigenvalue weighted by atomic mass is 15.2. The minimum atomic E-state index is 1.02. The van der Waals surface area contributed by atoms with Crippen molar-refractivity contribution >= 4 is 22.4 Å². The van der Waals surface area contributed by atoms with Crippen molar-refractivity contribution in [2.24, 2.45) is 0 Å². The predicted octanol–water partition coefficient (Wildman–Crippen LogP) is 1.90. The van der Waals surface area contributed by atoms with Gasteiger partial charge in [-0.05, 0) is 24.3 Å². The lowest BCUT2D eigenvalue weighted by Gasteiger charge is -2.29. The number of piperazine rings is 1. The topological polar surface area (TPSA) is 32.6 Å². The number of hydrogen-bond acceptors (Lipinski definition) is 3. The molecule has 1 aromatic carbocycles. The molecule has 1 N–H and O–H groups in total. The average molecular weight is 252 g/mol.